The van der Waals surface area contributed by atoms with Crippen molar-refractivity contribution in [3.05, 3.63) is 47.3 Å². The molecule has 0 atom stereocenters. The lowest BCUT2D eigenvalue weighted by Gasteiger charge is -2.15. The Kier molecular flexibility index (Phi) is 4.14. The first kappa shape index (κ1) is 15.3. The molecule has 0 spiro atoms. The number of likely N-dealkylation sites (N-methyl/N-ethyl adjacent to an activating group) is 1. The minimum Gasteiger partial charge on any atom is -0.331 e. The topological polar surface area (TPSA) is 78.1 Å². The zero-order valence-electron chi connectivity index (χ0n) is 13.3. The molecule has 0 unspecified atom stereocenters. The molecule has 1 aliphatic rings. The Hall–Kier alpha value is -2.63. The molecule has 6 nitrogen and oxygen atoms in total. The van der Waals surface area contributed by atoms with Crippen LogP contribution in [-0.4, -0.2) is 40.5 Å². The molecule has 2 aromatic rings. The van der Waals surface area contributed by atoms with Crippen LogP contribution < -0.4 is 5.32 Å². The number of carbonyl (C=O) groups excluding carboxylic acids is 2. The van der Waals surface area contributed by atoms with Crippen molar-refractivity contribution in [1.29, 1.82) is 0 Å². The third-order valence-corrected chi connectivity index (χ3v) is 3.90. The summed E-state index contributed by atoms with van der Waals surface area (Å²) >= 11 is 0. The summed E-state index contributed by atoms with van der Waals surface area (Å²) in [5.74, 6) is 0.0223. The maximum Gasteiger partial charge on any atom is 0.274 e. The van der Waals surface area contributed by atoms with E-state index < -0.39 is 0 Å². The van der Waals surface area contributed by atoms with E-state index in [9.17, 15) is 9.59 Å². The average molecular weight is 312 g/mol. The molecule has 0 bridgehead atoms. The largest absolute Gasteiger partial charge is 0.331 e. The summed E-state index contributed by atoms with van der Waals surface area (Å²) in [6, 6.07) is 9.31. The number of aryl methyl sites for hydroxylation is 1. The number of nitrogens with one attached hydrogen (secondary N) is 2. The molecular weight excluding hydrogens is 292 g/mol. The first-order valence-electron chi connectivity index (χ1n) is 7.70. The van der Waals surface area contributed by atoms with Gasteiger partial charge in [0.15, 0.2) is 0 Å². The van der Waals surface area contributed by atoms with Gasteiger partial charge in [0.2, 0.25) is 5.91 Å². The predicted octanol–water partition coefficient (Wildman–Crippen LogP) is 2.31. The normalized spacial score (nSPS) is 13.7. The fourth-order valence-corrected chi connectivity index (χ4v) is 2.37. The first-order valence-corrected chi connectivity index (χ1v) is 7.70. The highest BCUT2D eigenvalue weighted by Crippen LogP contribution is 2.39. The second-order valence-corrected chi connectivity index (χ2v) is 6.06. The maximum absolute atomic E-state index is 12.3. The van der Waals surface area contributed by atoms with Crippen LogP contribution in [0.1, 0.15) is 40.5 Å². The van der Waals surface area contributed by atoms with Gasteiger partial charge in [-0.05, 0) is 38.0 Å². The number of hydrogen-bond acceptors (Lipinski definition) is 3. The lowest BCUT2D eigenvalue weighted by Crippen LogP contribution is -2.35. The van der Waals surface area contributed by atoms with Crippen LogP contribution >= 0.6 is 0 Å². The molecule has 0 radical (unpaired) electrons. The van der Waals surface area contributed by atoms with E-state index in [1.807, 2.05) is 31.2 Å². The van der Waals surface area contributed by atoms with Gasteiger partial charge in [0.1, 0.15) is 5.69 Å². The van der Waals surface area contributed by atoms with E-state index in [0.717, 1.165) is 29.8 Å². The quantitative estimate of drug-likeness (QED) is 0.889. The number of aromatic amines is 1. The molecule has 1 aromatic heterocycles. The Morgan fingerprint density at radius 1 is 1.30 bits per heavy atom. The number of amides is 2. The Bertz CT molecular complexity index is 716. The zero-order chi connectivity index (χ0) is 16.4. The van der Waals surface area contributed by atoms with E-state index in [0.29, 0.717) is 11.6 Å². The van der Waals surface area contributed by atoms with Gasteiger partial charge in [-0.15, -0.1) is 0 Å². The number of benzene rings is 1. The lowest BCUT2D eigenvalue weighted by atomic mass is 10.2. The molecule has 1 aromatic carbocycles. The summed E-state index contributed by atoms with van der Waals surface area (Å²) in [5, 5.41) is 9.73. The fraction of sp³-hybridized carbons (Fsp3) is 0.353. The van der Waals surface area contributed by atoms with Crippen LogP contribution in [0.4, 0.5) is 5.69 Å². The lowest BCUT2D eigenvalue weighted by molar-refractivity contribution is -0.116. The second-order valence-electron chi connectivity index (χ2n) is 6.06. The molecule has 0 saturated heterocycles. The van der Waals surface area contributed by atoms with Crippen LogP contribution in [0.2, 0.25) is 0 Å². The molecule has 23 heavy (non-hydrogen) atoms. The molecule has 6 heteroatoms. The number of nitrogens with zero attached hydrogens (tertiary/aromatic N) is 2. The Balaban J connectivity index is 1.56. The highest BCUT2D eigenvalue weighted by atomic mass is 16.2. The van der Waals surface area contributed by atoms with Gasteiger partial charge in [-0.1, -0.05) is 17.7 Å². The molecule has 1 fully saturated rings. The summed E-state index contributed by atoms with van der Waals surface area (Å²) in [6.07, 6.45) is 2.29. The van der Waals surface area contributed by atoms with Crippen molar-refractivity contribution in [2.75, 3.05) is 18.9 Å². The van der Waals surface area contributed by atoms with Gasteiger partial charge in [-0.2, -0.15) is 5.10 Å². The van der Waals surface area contributed by atoms with Gasteiger partial charge in [0.25, 0.3) is 5.91 Å². The second kappa shape index (κ2) is 6.24. The van der Waals surface area contributed by atoms with Crippen molar-refractivity contribution in [2.45, 2.75) is 25.7 Å². The Labute approximate surface area is 134 Å². The summed E-state index contributed by atoms with van der Waals surface area (Å²) in [5.41, 5.74) is 3.21. The van der Waals surface area contributed by atoms with Crippen LogP contribution in [0.3, 0.4) is 0 Å². The van der Waals surface area contributed by atoms with Crippen molar-refractivity contribution in [1.82, 2.24) is 15.1 Å². The minimum absolute atomic E-state index is 0.0155. The van der Waals surface area contributed by atoms with Gasteiger partial charge in [-0.3, -0.25) is 14.7 Å². The molecule has 2 amide bonds. The third kappa shape index (κ3) is 3.77. The zero-order valence-corrected chi connectivity index (χ0v) is 13.3. The van der Waals surface area contributed by atoms with Crippen molar-refractivity contribution >= 4 is 17.5 Å². The highest BCUT2D eigenvalue weighted by molar-refractivity contribution is 5.98. The summed E-state index contributed by atoms with van der Waals surface area (Å²) in [6.45, 7) is 1.97. The van der Waals surface area contributed by atoms with Crippen LogP contribution in [0, 0.1) is 6.92 Å². The molecular formula is C17H20N4O2. The standard InChI is InChI=1S/C17H20N4O2/c1-11-3-7-13(8-4-11)18-16(22)10-21(2)17(23)15-9-14(19-20-15)12-5-6-12/h3-4,7-9,12H,5-6,10H2,1-2H3,(H,18,22)(H,19,20). The number of anilines is 1. The van der Waals surface area contributed by atoms with Gasteiger partial charge >= 0.3 is 0 Å². The SMILES string of the molecule is Cc1ccc(NC(=O)CN(C)C(=O)c2cc(C3CC3)[nH]n2)cc1. The van der Waals surface area contributed by atoms with Crippen LogP contribution in [0.25, 0.3) is 0 Å². The molecule has 3 rings (SSSR count). The van der Waals surface area contributed by atoms with Gasteiger partial charge < -0.3 is 10.2 Å². The van der Waals surface area contributed by atoms with E-state index in [4.69, 9.17) is 0 Å². The van der Waals surface area contributed by atoms with E-state index in [-0.39, 0.29) is 18.4 Å². The molecule has 0 aliphatic heterocycles. The summed E-state index contributed by atoms with van der Waals surface area (Å²) in [7, 11) is 1.60. The number of rotatable bonds is 5. The van der Waals surface area contributed by atoms with Crippen molar-refractivity contribution in [2.24, 2.45) is 0 Å². The highest BCUT2D eigenvalue weighted by Gasteiger charge is 2.27. The van der Waals surface area contributed by atoms with Crippen LogP contribution in [0.5, 0.6) is 0 Å². The van der Waals surface area contributed by atoms with Crippen molar-refractivity contribution in [3.8, 4) is 0 Å². The first-order chi connectivity index (χ1) is 11.0. The average Bonchev–Trinajstić information content (AvgIpc) is 3.26. The Morgan fingerprint density at radius 2 is 2.00 bits per heavy atom. The number of H-pyrrole nitrogens is 1. The van der Waals surface area contributed by atoms with E-state index in [1.54, 1.807) is 13.1 Å². The minimum atomic E-state index is -0.257. The molecule has 2 N–H and O–H groups in total. The van der Waals surface area contributed by atoms with E-state index >= 15 is 0 Å². The van der Waals surface area contributed by atoms with E-state index in [2.05, 4.69) is 15.5 Å². The van der Waals surface area contributed by atoms with Crippen molar-refractivity contribution in [3.63, 3.8) is 0 Å². The third-order valence-electron chi connectivity index (χ3n) is 3.90. The van der Waals surface area contributed by atoms with Gasteiger partial charge in [-0.25, -0.2) is 0 Å². The van der Waals surface area contributed by atoms with Gasteiger partial charge in [0.05, 0.1) is 6.54 Å². The number of carbonyl (C=O) groups is 2. The van der Waals surface area contributed by atoms with Crippen molar-refractivity contribution < 1.29 is 9.59 Å². The smallest absolute Gasteiger partial charge is 0.274 e. The molecule has 1 aliphatic carbocycles. The van der Waals surface area contributed by atoms with Crippen LogP contribution in [0.15, 0.2) is 30.3 Å². The number of hydrogen-bond donors (Lipinski definition) is 2. The predicted molar refractivity (Wildman–Crippen MR) is 87.3 cm³/mol. The monoisotopic (exact) mass is 312 g/mol. The molecule has 1 saturated carbocycles. The summed E-state index contributed by atoms with van der Waals surface area (Å²) < 4.78 is 0. The summed E-state index contributed by atoms with van der Waals surface area (Å²) in [4.78, 5) is 25.7. The molecule has 1 heterocycles. The maximum atomic E-state index is 12.3. The van der Waals surface area contributed by atoms with Gasteiger partial charge in [0, 0.05) is 24.3 Å². The Morgan fingerprint density at radius 3 is 2.65 bits per heavy atom. The fourth-order valence-electron chi connectivity index (χ4n) is 2.37. The van der Waals surface area contributed by atoms with E-state index in [1.165, 1.54) is 4.90 Å². The molecule has 120 valence electrons. The van der Waals surface area contributed by atoms with Crippen LogP contribution in [-0.2, 0) is 4.79 Å². The number of aromatic nitrogens is 2.